The fraction of sp³-hybridized carbons (Fsp3) is 0.938. The lowest BCUT2D eigenvalue weighted by molar-refractivity contribution is -0.157. The molecule has 1 heterocycles. The highest BCUT2D eigenvalue weighted by Crippen LogP contribution is 2.44. The van der Waals surface area contributed by atoms with Crippen LogP contribution in [0.1, 0.15) is 65.2 Å². The molecule has 0 radical (unpaired) electrons. The average molecular weight is 283 g/mol. The molecule has 0 bridgehead atoms. The Hall–Kier alpha value is -0.610. The normalized spacial score (nSPS) is 28.2. The van der Waals surface area contributed by atoms with Crippen molar-refractivity contribution in [3.05, 3.63) is 0 Å². The Bertz CT molecular complexity index is 339. The summed E-state index contributed by atoms with van der Waals surface area (Å²) in [6.07, 6.45) is 9.28. The monoisotopic (exact) mass is 283 g/mol. The zero-order valence-electron chi connectivity index (χ0n) is 13.0. The SMILES string of the molecule is CCOC(=O)C(C)(CN)CC1CCC2(CCCCC2)O1. The molecule has 116 valence electrons. The van der Waals surface area contributed by atoms with Crippen molar-refractivity contribution in [2.24, 2.45) is 11.1 Å². The van der Waals surface area contributed by atoms with Gasteiger partial charge < -0.3 is 15.2 Å². The van der Waals surface area contributed by atoms with E-state index in [-0.39, 0.29) is 17.7 Å². The summed E-state index contributed by atoms with van der Waals surface area (Å²) in [5, 5.41) is 0. The van der Waals surface area contributed by atoms with Crippen molar-refractivity contribution in [2.45, 2.75) is 76.9 Å². The molecule has 2 atom stereocenters. The number of hydrogen-bond donors (Lipinski definition) is 1. The quantitative estimate of drug-likeness (QED) is 0.788. The molecule has 1 aliphatic heterocycles. The van der Waals surface area contributed by atoms with Gasteiger partial charge in [-0.3, -0.25) is 4.79 Å². The van der Waals surface area contributed by atoms with E-state index in [1.165, 1.54) is 32.1 Å². The number of ether oxygens (including phenoxy) is 2. The minimum Gasteiger partial charge on any atom is -0.466 e. The molecule has 20 heavy (non-hydrogen) atoms. The second kappa shape index (κ2) is 6.44. The van der Waals surface area contributed by atoms with Crippen LogP contribution in [-0.2, 0) is 14.3 Å². The maximum atomic E-state index is 12.1. The summed E-state index contributed by atoms with van der Waals surface area (Å²) in [4.78, 5) is 12.1. The van der Waals surface area contributed by atoms with Crippen LogP contribution in [0.5, 0.6) is 0 Å². The molecule has 4 nitrogen and oxygen atoms in total. The molecule has 1 saturated carbocycles. The smallest absolute Gasteiger partial charge is 0.313 e. The van der Waals surface area contributed by atoms with Crippen molar-refractivity contribution in [1.29, 1.82) is 0 Å². The number of esters is 1. The topological polar surface area (TPSA) is 61.5 Å². The van der Waals surface area contributed by atoms with Crippen LogP contribution in [0.25, 0.3) is 0 Å². The standard InChI is InChI=1S/C16H29NO3/c1-3-19-14(18)15(2,12-17)11-13-7-10-16(20-13)8-5-4-6-9-16/h13H,3-12,17H2,1-2H3. The number of rotatable bonds is 5. The van der Waals surface area contributed by atoms with Gasteiger partial charge in [0.1, 0.15) is 0 Å². The highest BCUT2D eigenvalue weighted by molar-refractivity contribution is 5.76. The van der Waals surface area contributed by atoms with Crippen molar-refractivity contribution in [1.82, 2.24) is 0 Å². The van der Waals surface area contributed by atoms with Crippen LogP contribution in [0.2, 0.25) is 0 Å². The Kier molecular flexibility index (Phi) is 5.08. The number of hydrogen-bond acceptors (Lipinski definition) is 4. The fourth-order valence-corrected chi connectivity index (χ4v) is 3.66. The number of carbonyl (C=O) groups excluding carboxylic acids is 1. The third-order valence-electron chi connectivity index (χ3n) is 5.00. The molecule has 1 aliphatic carbocycles. The molecular formula is C16H29NO3. The first kappa shape index (κ1) is 15.8. The molecule has 1 saturated heterocycles. The third-order valence-corrected chi connectivity index (χ3v) is 5.00. The van der Waals surface area contributed by atoms with E-state index in [4.69, 9.17) is 15.2 Å². The van der Waals surface area contributed by atoms with Crippen LogP contribution in [-0.4, -0.2) is 30.8 Å². The van der Waals surface area contributed by atoms with Gasteiger partial charge >= 0.3 is 5.97 Å². The first-order valence-electron chi connectivity index (χ1n) is 8.09. The first-order chi connectivity index (χ1) is 9.53. The van der Waals surface area contributed by atoms with Crippen molar-refractivity contribution < 1.29 is 14.3 Å². The van der Waals surface area contributed by atoms with Crippen LogP contribution in [0.4, 0.5) is 0 Å². The van der Waals surface area contributed by atoms with Crippen molar-refractivity contribution >= 4 is 5.97 Å². The number of carbonyl (C=O) groups is 1. The van der Waals surface area contributed by atoms with E-state index in [1.807, 2.05) is 13.8 Å². The van der Waals surface area contributed by atoms with Gasteiger partial charge in [-0.2, -0.15) is 0 Å². The average Bonchev–Trinajstić information content (AvgIpc) is 2.82. The third kappa shape index (κ3) is 3.34. The Balaban J connectivity index is 1.94. The van der Waals surface area contributed by atoms with Gasteiger partial charge in [-0.15, -0.1) is 0 Å². The van der Waals surface area contributed by atoms with Crippen LogP contribution < -0.4 is 5.73 Å². The Labute approximate surface area is 122 Å². The molecule has 0 aromatic carbocycles. The largest absolute Gasteiger partial charge is 0.466 e. The minimum atomic E-state index is -0.610. The predicted octanol–water partition coefficient (Wildman–Crippen LogP) is 2.79. The van der Waals surface area contributed by atoms with E-state index in [2.05, 4.69) is 0 Å². The van der Waals surface area contributed by atoms with E-state index in [1.54, 1.807) is 0 Å². The fourth-order valence-electron chi connectivity index (χ4n) is 3.66. The van der Waals surface area contributed by atoms with Crippen LogP contribution in [0.15, 0.2) is 0 Å². The first-order valence-corrected chi connectivity index (χ1v) is 8.09. The molecule has 2 unspecified atom stereocenters. The van der Waals surface area contributed by atoms with Gasteiger partial charge in [-0.25, -0.2) is 0 Å². The van der Waals surface area contributed by atoms with Gasteiger partial charge in [-0.1, -0.05) is 19.3 Å². The highest BCUT2D eigenvalue weighted by atomic mass is 16.5. The molecule has 4 heteroatoms. The van der Waals surface area contributed by atoms with Crippen LogP contribution in [0.3, 0.4) is 0 Å². The molecule has 2 fully saturated rings. The summed E-state index contributed by atoms with van der Waals surface area (Å²) < 4.78 is 11.5. The Morgan fingerprint density at radius 3 is 2.65 bits per heavy atom. The molecule has 2 aliphatic rings. The maximum absolute atomic E-state index is 12.1. The molecule has 2 rings (SSSR count). The molecule has 0 aromatic heterocycles. The van der Waals surface area contributed by atoms with Crippen molar-refractivity contribution in [3.8, 4) is 0 Å². The van der Waals surface area contributed by atoms with Gasteiger partial charge in [0.25, 0.3) is 0 Å². The summed E-state index contributed by atoms with van der Waals surface area (Å²) in [7, 11) is 0. The summed E-state index contributed by atoms with van der Waals surface area (Å²) >= 11 is 0. The minimum absolute atomic E-state index is 0.104. The van der Waals surface area contributed by atoms with Crippen molar-refractivity contribution in [2.75, 3.05) is 13.2 Å². The maximum Gasteiger partial charge on any atom is 0.313 e. The van der Waals surface area contributed by atoms with E-state index < -0.39 is 5.41 Å². The summed E-state index contributed by atoms with van der Waals surface area (Å²) in [6, 6.07) is 0. The van der Waals surface area contributed by atoms with E-state index >= 15 is 0 Å². The van der Waals surface area contributed by atoms with E-state index in [0.717, 1.165) is 12.8 Å². The van der Waals surface area contributed by atoms with Gasteiger partial charge in [0.05, 0.1) is 23.7 Å². The zero-order chi connectivity index (χ0) is 14.6. The summed E-state index contributed by atoms with van der Waals surface area (Å²) in [5.74, 6) is -0.185. The lowest BCUT2D eigenvalue weighted by atomic mass is 9.82. The highest BCUT2D eigenvalue weighted by Gasteiger charge is 2.44. The Morgan fingerprint density at radius 1 is 1.35 bits per heavy atom. The second-order valence-electron chi connectivity index (χ2n) is 6.71. The molecule has 0 aromatic rings. The second-order valence-corrected chi connectivity index (χ2v) is 6.71. The lowest BCUT2D eigenvalue weighted by Gasteiger charge is -2.35. The van der Waals surface area contributed by atoms with Gasteiger partial charge in [0, 0.05) is 6.54 Å². The molecule has 2 N–H and O–H groups in total. The molecule has 1 spiro atoms. The van der Waals surface area contributed by atoms with Gasteiger partial charge in [-0.05, 0) is 46.0 Å². The van der Waals surface area contributed by atoms with Crippen LogP contribution in [0, 0.1) is 5.41 Å². The predicted molar refractivity (Wildman–Crippen MR) is 78.3 cm³/mol. The van der Waals surface area contributed by atoms with Crippen LogP contribution >= 0.6 is 0 Å². The summed E-state index contributed by atoms with van der Waals surface area (Å²) in [5.41, 5.74) is 5.32. The number of nitrogens with two attached hydrogens (primary N) is 1. The molecule has 0 amide bonds. The zero-order valence-corrected chi connectivity index (χ0v) is 13.0. The van der Waals surface area contributed by atoms with E-state index in [9.17, 15) is 4.79 Å². The van der Waals surface area contributed by atoms with Gasteiger partial charge in [0.2, 0.25) is 0 Å². The van der Waals surface area contributed by atoms with E-state index in [0.29, 0.717) is 19.6 Å². The van der Waals surface area contributed by atoms with Gasteiger partial charge in [0.15, 0.2) is 0 Å². The molecular weight excluding hydrogens is 254 g/mol. The summed E-state index contributed by atoms with van der Waals surface area (Å²) in [6.45, 7) is 4.46. The lowest BCUT2D eigenvalue weighted by Crippen LogP contribution is -2.41. The van der Waals surface area contributed by atoms with Crippen molar-refractivity contribution in [3.63, 3.8) is 0 Å². The Morgan fingerprint density at radius 2 is 2.05 bits per heavy atom.